The number of amides is 1. The van der Waals surface area contributed by atoms with Gasteiger partial charge in [-0.2, -0.15) is 0 Å². The molecular weight excluding hydrogens is 542 g/mol. The van der Waals surface area contributed by atoms with Gasteiger partial charge in [0.05, 0.1) is 34.0 Å². The topological polar surface area (TPSA) is 86.0 Å². The van der Waals surface area contributed by atoms with E-state index in [2.05, 4.69) is 28.0 Å². The van der Waals surface area contributed by atoms with E-state index in [1.165, 1.54) is 37.4 Å². The molecule has 1 aliphatic heterocycles. The van der Waals surface area contributed by atoms with E-state index >= 15 is 0 Å². The van der Waals surface area contributed by atoms with E-state index in [0.717, 1.165) is 35.4 Å². The minimum absolute atomic E-state index is 0.0893. The molecule has 206 valence electrons. The van der Waals surface area contributed by atoms with Gasteiger partial charge in [0.1, 0.15) is 17.3 Å². The molecule has 0 atom stereocenters. The van der Waals surface area contributed by atoms with Crippen LogP contribution in [0.1, 0.15) is 11.3 Å². The molecule has 0 spiro atoms. The van der Waals surface area contributed by atoms with Crippen LogP contribution < -0.4 is 10.6 Å². The average molecular weight is 569 g/mol. The summed E-state index contributed by atoms with van der Waals surface area (Å²) in [6.45, 7) is 0.720. The summed E-state index contributed by atoms with van der Waals surface area (Å²) in [5.74, 6) is -1.12. The molecule has 3 heterocycles. The number of hydrogen-bond donors (Lipinski definition) is 4. The summed E-state index contributed by atoms with van der Waals surface area (Å²) < 4.78 is 31.8. The Morgan fingerprint density at radius 1 is 1.10 bits per heavy atom. The number of hydrogen-bond acceptors (Lipinski definition) is 6. The molecular formula is C31H26F2N6OS. The third-order valence-electron chi connectivity index (χ3n) is 7.32. The number of nitrogens with one attached hydrogen (secondary N) is 3. The third-order valence-corrected chi connectivity index (χ3v) is 7.53. The van der Waals surface area contributed by atoms with Crippen molar-refractivity contribution in [3.8, 4) is 11.4 Å². The van der Waals surface area contributed by atoms with Crippen molar-refractivity contribution in [2.24, 2.45) is 0 Å². The second-order valence-corrected chi connectivity index (χ2v) is 10.4. The Hall–Kier alpha value is -4.70. The zero-order valence-electron chi connectivity index (χ0n) is 22.3. The van der Waals surface area contributed by atoms with E-state index < -0.39 is 11.7 Å². The molecule has 2 aromatic carbocycles. The first-order valence-electron chi connectivity index (χ1n) is 13.0. The zero-order chi connectivity index (χ0) is 28.8. The lowest BCUT2D eigenvalue weighted by Gasteiger charge is -2.26. The van der Waals surface area contributed by atoms with Gasteiger partial charge in [-0.3, -0.25) is 4.79 Å². The Balaban J connectivity index is 1.51. The highest BCUT2D eigenvalue weighted by atomic mass is 32.1. The number of likely N-dealkylation sites (N-methyl/N-ethyl adjacent to an activating group) is 2. The molecule has 6 rings (SSSR count). The van der Waals surface area contributed by atoms with Crippen molar-refractivity contribution in [1.29, 1.82) is 5.41 Å². The van der Waals surface area contributed by atoms with Crippen molar-refractivity contribution in [3.05, 3.63) is 113 Å². The number of aryl methyl sites for hydroxylation is 2. The number of fused-ring (bicyclic) bond motifs is 5. The minimum Gasteiger partial charge on any atom is -0.354 e. The van der Waals surface area contributed by atoms with Crippen molar-refractivity contribution < 1.29 is 13.6 Å². The maximum absolute atomic E-state index is 14.6. The van der Waals surface area contributed by atoms with Crippen LogP contribution in [0.25, 0.3) is 27.9 Å². The number of allylic oxidation sites excluding steroid dienone is 4. The van der Waals surface area contributed by atoms with Crippen molar-refractivity contribution >= 4 is 46.6 Å². The van der Waals surface area contributed by atoms with E-state index in [4.69, 9.17) is 10.4 Å². The Morgan fingerprint density at radius 3 is 2.61 bits per heavy atom. The standard InChI is InChI=1S/C31H26F2N6OS/c1-35-31(40)30(36-19-9-7-18(32)8-10-19)21-14-22(27(38(2)41)16-24(21)34)25-11-6-17-12-13-39-26-5-3-4-23(33)20(26)15-28(39)29(17)37-25/h3-11,14-16,34,36,41H,12-13H2,1-2H3,(H,35,40)/b30-21-,34-24?. The van der Waals surface area contributed by atoms with Crippen LogP contribution in [0.3, 0.4) is 0 Å². The lowest BCUT2D eigenvalue weighted by atomic mass is 9.92. The number of nitrogens with zero attached hydrogens (tertiary/aromatic N) is 3. The van der Waals surface area contributed by atoms with Crippen LogP contribution in [0.2, 0.25) is 0 Å². The Morgan fingerprint density at radius 2 is 1.88 bits per heavy atom. The number of aromatic nitrogens is 2. The maximum atomic E-state index is 14.6. The van der Waals surface area contributed by atoms with E-state index in [-0.39, 0.29) is 17.2 Å². The van der Waals surface area contributed by atoms with Crippen LogP contribution >= 0.6 is 12.8 Å². The molecule has 0 fully saturated rings. The summed E-state index contributed by atoms with van der Waals surface area (Å²) in [4.78, 5) is 18.0. The van der Waals surface area contributed by atoms with Crippen LogP contribution in [-0.2, 0) is 17.8 Å². The fraction of sp³-hybridized carbons (Fsp3) is 0.129. The number of rotatable bonds is 5. The average Bonchev–Trinajstić information content (AvgIpc) is 3.37. The SMILES string of the molecule is CNC(=O)/C(Nc1ccc(F)cc1)=C1\C=C(c2ccc3c(n2)-c2cc4c(F)cccc4n2CC3)C(N(C)S)=CC1=N. The van der Waals surface area contributed by atoms with Gasteiger partial charge in [-0.25, -0.2) is 13.8 Å². The van der Waals surface area contributed by atoms with Crippen molar-refractivity contribution in [2.45, 2.75) is 13.0 Å². The van der Waals surface area contributed by atoms with Gasteiger partial charge in [0.15, 0.2) is 0 Å². The van der Waals surface area contributed by atoms with Crippen LogP contribution in [0.15, 0.2) is 89.8 Å². The maximum Gasteiger partial charge on any atom is 0.268 e. The Bertz CT molecular complexity index is 1840. The molecule has 0 radical (unpaired) electrons. The molecule has 3 N–H and O–H groups in total. The Labute approximate surface area is 240 Å². The van der Waals surface area contributed by atoms with Gasteiger partial charge in [0.2, 0.25) is 0 Å². The predicted octanol–water partition coefficient (Wildman–Crippen LogP) is 5.73. The minimum atomic E-state index is -0.439. The normalized spacial score (nSPS) is 15.5. The number of anilines is 1. The summed E-state index contributed by atoms with van der Waals surface area (Å²) in [6, 6.07) is 16.5. The molecule has 2 aromatic heterocycles. The first-order chi connectivity index (χ1) is 19.7. The largest absolute Gasteiger partial charge is 0.354 e. The van der Waals surface area contributed by atoms with Crippen molar-refractivity contribution in [3.63, 3.8) is 0 Å². The summed E-state index contributed by atoms with van der Waals surface area (Å²) >= 11 is 4.52. The molecule has 0 unspecified atom stereocenters. The Kier molecular flexibility index (Phi) is 6.70. The van der Waals surface area contributed by atoms with Crippen LogP contribution in [0, 0.1) is 17.0 Å². The van der Waals surface area contributed by atoms with E-state index in [1.54, 1.807) is 29.6 Å². The van der Waals surface area contributed by atoms with Crippen molar-refractivity contribution in [2.75, 3.05) is 19.4 Å². The number of carbonyl (C=O) groups excluding carboxylic acids is 1. The monoisotopic (exact) mass is 568 g/mol. The van der Waals surface area contributed by atoms with Gasteiger partial charge in [0.25, 0.3) is 5.91 Å². The predicted molar refractivity (Wildman–Crippen MR) is 160 cm³/mol. The van der Waals surface area contributed by atoms with Crippen LogP contribution in [0.5, 0.6) is 0 Å². The molecule has 7 nitrogen and oxygen atoms in total. The molecule has 1 amide bonds. The third kappa shape index (κ3) is 4.70. The molecule has 0 saturated carbocycles. The highest BCUT2D eigenvalue weighted by Crippen LogP contribution is 2.38. The molecule has 41 heavy (non-hydrogen) atoms. The van der Waals surface area contributed by atoms with Gasteiger partial charge in [-0.1, -0.05) is 24.9 Å². The number of thiol groups is 1. The first-order valence-corrected chi connectivity index (χ1v) is 13.4. The van der Waals surface area contributed by atoms with E-state index in [9.17, 15) is 13.6 Å². The van der Waals surface area contributed by atoms with Gasteiger partial charge >= 0.3 is 0 Å². The highest BCUT2D eigenvalue weighted by molar-refractivity contribution is 7.77. The lowest BCUT2D eigenvalue weighted by Crippen LogP contribution is -2.28. The van der Waals surface area contributed by atoms with Gasteiger partial charge in [-0.15, -0.1) is 0 Å². The highest BCUT2D eigenvalue weighted by Gasteiger charge is 2.27. The van der Waals surface area contributed by atoms with Crippen LogP contribution in [0.4, 0.5) is 14.5 Å². The molecule has 1 aliphatic carbocycles. The number of pyridine rings is 1. The molecule has 10 heteroatoms. The smallest absolute Gasteiger partial charge is 0.268 e. The molecule has 0 bridgehead atoms. The van der Waals surface area contributed by atoms with E-state index in [0.29, 0.717) is 33.6 Å². The number of halogens is 2. The summed E-state index contributed by atoms with van der Waals surface area (Å²) in [5, 5.41) is 15.0. The summed E-state index contributed by atoms with van der Waals surface area (Å²) in [5.41, 5.74) is 6.40. The molecule has 4 aromatic rings. The van der Waals surface area contributed by atoms with Gasteiger partial charge < -0.3 is 24.9 Å². The first kappa shape index (κ1) is 26.5. The summed E-state index contributed by atoms with van der Waals surface area (Å²) in [6.07, 6.45) is 4.11. The molecule has 0 saturated heterocycles. The number of carbonyl (C=O) groups is 1. The summed E-state index contributed by atoms with van der Waals surface area (Å²) in [7, 11) is 3.25. The van der Waals surface area contributed by atoms with E-state index in [1.807, 2.05) is 24.3 Å². The second-order valence-electron chi connectivity index (χ2n) is 9.83. The fourth-order valence-electron chi connectivity index (χ4n) is 5.30. The van der Waals surface area contributed by atoms with Gasteiger partial charge in [-0.05, 0) is 72.7 Å². The van der Waals surface area contributed by atoms with Crippen LogP contribution in [-0.4, -0.2) is 39.6 Å². The van der Waals surface area contributed by atoms with Crippen molar-refractivity contribution in [1.82, 2.24) is 19.2 Å². The molecule has 2 aliphatic rings. The quantitative estimate of drug-likeness (QED) is 0.183. The van der Waals surface area contributed by atoms with Gasteiger partial charge in [0, 0.05) is 42.9 Å². The second kappa shape index (κ2) is 10.4. The zero-order valence-corrected chi connectivity index (χ0v) is 23.2. The fourth-order valence-corrected chi connectivity index (χ4v) is 5.46. The lowest BCUT2D eigenvalue weighted by molar-refractivity contribution is -0.116. The number of benzene rings is 2.